The number of hydrogen-bond donors (Lipinski definition) is 2. The Hall–Kier alpha value is -1.09. The highest BCUT2D eigenvalue weighted by Gasteiger charge is 2.20. The molecule has 0 aromatic carbocycles. The third-order valence-corrected chi connectivity index (χ3v) is 2.76. The van der Waals surface area contributed by atoms with Crippen LogP contribution in [0.15, 0.2) is 24.4 Å². The second-order valence-electron chi connectivity index (χ2n) is 3.85. The average molecular weight is 191 g/mol. The monoisotopic (exact) mass is 191 g/mol. The minimum Gasteiger partial charge on any atom is -0.366 e. The molecule has 2 atom stereocenters. The largest absolute Gasteiger partial charge is 0.366 e. The molecule has 14 heavy (non-hydrogen) atoms. The van der Waals surface area contributed by atoms with Crippen molar-refractivity contribution in [2.75, 3.05) is 11.9 Å². The molecule has 1 aliphatic rings. The summed E-state index contributed by atoms with van der Waals surface area (Å²) >= 11 is 0. The van der Waals surface area contributed by atoms with E-state index in [1.807, 2.05) is 24.4 Å². The summed E-state index contributed by atoms with van der Waals surface area (Å²) in [5.74, 6) is 0.980. The number of hydrogen-bond acceptors (Lipinski definition) is 3. The van der Waals surface area contributed by atoms with Gasteiger partial charge in [0.05, 0.1) is 0 Å². The van der Waals surface area contributed by atoms with E-state index in [0.717, 1.165) is 12.4 Å². The van der Waals surface area contributed by atoms with Gasteiger partial charge in [-0.15, -0.1) is 0 Å². The van der Waals surface area contributed by atoms with Crippen LogP contribution in [-0.4, -0.2) is 23.6 Å². The summed E-state index contributed by atoms with van der Waals surface area (Å²) in [5, 5.41) is 6.92. The molecular weight excluding hydrogens is 174 g/mol. The molecule has 2 heterocycles. The van der Waals surface area contributed by atoms with Crippen LogP contribution >= 0.6 is 0 Å². The Morgan fingerprint density at radius 1 is 1.50 bits per heavy atom. The van der Waals surface area contributed by atoms with Crippen LogP contribution in [-0.2, 0) is 0 Å². The SMILES string of the molecule is CC1NCCCC1Nc1ccccn1. The zero-order valence-corrected chi connectivity index (χ0v) is 8.53. The van der Waals surface area contributed by atoms with Gasteiger partial charge in [-0.25, -0.2) is 4.98 Å². The maximum Gasteiger partial charge on any atom is 0.126 e. The van der Waals surface area contributed by atoms with Gasteiger partial charge in [-0.1, -0.05) is 6.07 Å². The molecule has 1 fully saturated rings. The molecule has 3 heteroatoms. The Bertz CT molecular complexity index is 273. The van der Waals surface area contributed by atoms with Crippen molar-refractivity contribution in [3.63, 3.8) is 0 Å². The van der Waals surface area contributed by atoms with Crippen molar-refractivity contribution in [1.82, 2.24) is 10.3 Å². The Balaban J connectivity index is 1.96. The number of pyridine rings is 1. The van der Waals surface area contributed by atoms with Gasteiger partial charge in [0, 0.05) is 18.3 Å². The third kappa shape index (κ3) is 2.23. The van der Waals surface area contributed by atoms with Crippen LogP contribution < -0.4 is 10.6 Å². The van der Waals surface area contributed by atoms with Crippen LogP contribution in [0.5, 0.6) is 0 Å². The van der Waals surface area contributed by atoms with Gasteiger partial charge in [-0.2, -0.15) is 0 Å². The van der Waals surface area contributed by atoms with Crippen LogP contribution in [0.2, 0.25) is 0 Å². The Morgan fingerprint density at radius 2 is 2.43 bits per heavy atom. The number of piperidine rings is 1. The van der Waals surface area contributed by atoms with Crippen LogP contribution in [0.4, 0.5) is 5.82 Å². The lowest BCUT2D eigenvalue weighted by Gasteiger charge is -2.30. The second-order valence-corrected chi connectivity index (χ2v) is 3.85. The number of anilines is 1. The van der Waals surface area contributed by atoms with E-state index in [2.05, 4.69) is 22.5 Å². The molecular formula is C11H17N3. The van der Waals surface area contributed by atoms with Crippen LogP contribution in [0.1, 0.15) is 19.8 Å². The van der Waals surface area contributed by atoms with E-state index >= 15 is 0 Å². The number of aromatic nitrogens is 1. The summed E-state index contributed by atoms with van der Waals surface area (Å²) in [6.45, 7) is 3.36. The van der Waals surface area contributed by atoms with E-state index in [0.29, 0.717) is 12.1 Å². The normalized spacial score (nSPS) is 27.2. The lowest BCUT2D eigenvalue weighted by molar-refractivity contribution is 0.389. The molecule has 2 rings (SSSR count). The van der Waals surface area contributed by atoms with E-state index in [1.165, 1.54) is 12.8 Å². The van der Waals surface area contributed by atoms with Gasteiger partial charge in [-0.3, -0.25) is 0 Å². The molecule has 3 nitrogen and oxygen atoms in total. The van der Waals surface area contributed by atoms with Gasteiger partial charge in [-0.05, 0) is 38.4 Å². The number of rotatable bonds is 2. The van der Waals surface area contributed by atoms with Gasteiger partial charge < -0.3 is 10.6 Å². The summed E-state index contributed by atoms with van der Waals surface area (Å²) in [6, 6.07) is 7.01. The zero-order chi connectivity index (χ0) is 9.80. The summed E-state index contributed by atoms with van der Waals surface area (Å²) in [7, 11) is 0. The maximum absolute atomic E-state index is 4.27. The molecule has 1 aromatic rings. The lowest BCUT2D eigenvalue weighted by atomic mass is 10.00. The highest BCUT2D eigenvalue weighted by atomic mass is 15.1. The predicted octanol–water partition coefficient (Wildman–Crippen LogP) is 1.63. The van der Waals surface area contributed by atoms with Gasteiger partial charge >= 0.3 is 0 Å². The van der Waals surface area contributed by atoms with Crippen LogP contribution in [0.3, 0.4) is 0 Å². The first-order chi connectivity index (χ1) is 6.86. The van der Waals surface area contributed by atoms with Gasteiger partial charge in [0.1, 0.15) is 5.82 Å². The summed E-state index contributed by atoms with van der Waals surface area (Å²) < 4.78 is 0. The molecule has 0 spiro atoms. The zero-order valence-electron chi connectivity index (χ0n) is 8.53. The fourth-order valence-electron chi connectivity index (χ4n) is 1.88. The average Bonchev–Trinajstić information content (AvgIpc) is 2.23. The molecule has 2 N–H and O–H groups in total. The topological polar surface area (TPSA) is 37.0 Å². The molecule has 76 valence electrons. The molecule has 1 aliphatic heterocycles. The summed E-state index contributed by atoms with van der Waals surface area (Å²) in [4.78, 5) is 4.27. The smallest absolute Gasteiger partial charge is 0.126 e. The van der Waals surface area contributed by atoms with Gasteiger partial charge in [0.15, 0.2) is 0 Å². The highest BCUT2D eigenvalue weighted by molar-refractivity contribution is 5.35. The van der Waals surface area contributed by atoms with E-state index in [1.54, 1.807) is 0 Å². The Kier molecular flexibility index (Phi) is 2.99. The lowest BCUT2D eigenvalue weighted by Crippen LogP contribution is -2.46. The molecule has 0 aliphatic carbocycles. The first-order valence-corrected chi connectivity index (χ1v) is 5.27. The second kappa shape index (κ2) is 4.42. The van der Waals surface area contributed by atoms with Crippen molar-refractivity contribution in [1.29, 1.82) is 0 Å². The first-order valence-electron chi connectivity index (χ1n) is 5.27. The van der Waals surface area contributed by atoms with Crippen molar-refractivity contribution in [2.45, 2.75) is 31.8 Å². The highest BCUT2D eigenvalue weighted by Crippen LogP contribution is 2.13. The molecule has 0 radical (unpaired) electrons. The maximum atomic E-state index is 4.27. The fourth-order valence-corrected chi connectivity index (χ4v) is 1.88. The first kappa shape index (κ1) is 9.46. The molecule has 1 aromatic heterocycles. The van der Waals surface area contributed by atoms with E-state index in [4.69, 9.17) is 0 Å². The van der Waals surface area contributed by atoms with Gasteiger partial charge in [0.25, 0.3) is 0 Å². The quantitative estimate of drug-likeness (QED) is 0.746. The number of nitrogens with zero attached hydrogens (tertiary/aromatic N) is 1. The van der Waals surface area contributed by atoms with Crippen molar-refractivity contribution in [3.8, 4) is 0 Å². The third-order valence-electron chi connectivity index (χ3n) is 2.76. The minimum atomic E-state index is 0.513. The van der Waals surface area contributed by atoms with Crippen molar-refractivity contribution >= 4 is 5.82 Å². The van der Waals surface area contributed by atoms with E-state index in [-0.39, 0.29) is 0 Å². The predicted molar refractivity (Wildman–Crippen MR) is 58.3 cm³/mol. The van der Waals surface area contributed by atoms with Crippen molar-refractivity contribution in [3.05, 3.63) is 24.4 Å². The van der Waals surface area contributed by atoms with Crippen LogP contribution in [0, 0.1) is 0 Å². The van der Waals surface area contributed by atoms with E-state index < -0.39 is 0 Å². The molecule has 0 amide bonds. The fraction of sp³-hybridized carbons (Fsp3) is 0.545. The Morgan fingerprint density at radius 3 is 3.14 bits per heavy atom. The Labute approximate surface area is 84.9 Å². The van der Waals surface area contributed by atoms with Crippen molar-refractivity contribution in [2.24, 2.45) is 0 Å². The number of nitrogens with one attached hydrogen (secondary N) is 2. The van der Waals surface area contributed by atoms with Crippen molar-refractivity contribution < 1.29 is 0 Å². The minimum absolute atomic E-state index is 0.513. The molecule has 1 saturated heterocycles. The van der Waals surface area contributed by atoms with Crippen LogP contribution in [0.25, 0.3) is 0 Å². The molecule has 0 bridgehead atoms. The van der Waals surface area contributed by atoms with E-state index in [9.17, 15) is 0 Å². The standard InChI is InChI=1S/C11H17N3/c1-9-10(5-4-8-12-9)14-11-6-2-3-7-13-11/h2-3,6-7,9-10,12H,4-5,8H2,1H3,(H,13,14). The summed E-state index contributed by atoms with van der Waals surface area (Å²) in [6.07, 6.45) is 4.29. The summed E-state index contributed by atoms with van der Waals surface area (Å²) in [5.41, 5.74) is 0. The van der Waals surface area contributed by atoms with Gasteiger partial charge in [0.2, 0.25) is 0 Å². The molecule has 0 saturated carbocycles. The molecule has 2 unspecified atom stereocenters.